The number of amides is 1. The molecular formula is C14H13F2N3OS2. The maximum Gasteiger partial charge on any atom is 0.274 e. The predicted octanol–water partition coefficient (Wildman–Crippen LogP) is 2.56. The van der Waals surface area contributed by atoms with Crippen molar-refractivity contribution in [1.29, 1.82) is 0 Å². The van der Waals surface area contributed by atoms with Crippen LogP contribution < -0.4 is 5.73 Å². The SMILES string of the molecule is NCC1SCCN1C(=O)c1ncsc1-c1cccc(F)c1F. The minimum Gasteiger partial charge on any atom is -0.328 e. The van der Waals surface area contributed by atoms with Gasteiger partial charge in [-0.1, -0.05) is 12.1 Å². The molecule has 1 aliphatic heterocycles. The lowest BCUT2D eigenvalue weighted by molar-refractivity contribution is 0.0760. The van der Waals surface area contributed by atoms with Crippen LogP contribution in [0.15, 0.2) is 23.7 Å². The van der Waals surface area contributed by atoms with Gasteiger partial charge in [0.05, 0.1) is 15.8 Å². The standard InChI is InChI=1S/C14H13F2N3OS2/c15-9-3-1-2-8(11(9)16)13-12(18-7-22-13)14(20)19-4-5-21-10(19)6-17/h1-3,7,10H,4-6,17H2. The summed E-state index contributed by atoms with van der Waals surface area (Å²) >= 11 is 2.72. The predicted molar refractivity (Wildman–Crippen MR) is 83.8 cm³/mol. The highest BCUT2D eigenvalue weighted by molar-refractivity contribution is 8.00. The summed E-state index contributed by atoms with van der Waals surface area (Å²) < 4.78 is 27.4. The molecule has 0 radical (unpaired) electrons. The zero-order valence-corrected chi connectivity index (χ0v) is 13.1. The minimum absolute atomic E-state index is 0.0574. The van der Waals surface area contributed by atoms with Crippen LogP contribution in [0.25, 0.3) is 10.4 Å². The zero-order valence-electron chi connectivity index (χ0n) is 11.5. The number of rotatable bonds is 3. The number of nitrogens with two attached hydrogens (primary N) is 1. The molecule has 22 heavy (non-hydrogen) atoms. The smallest absolute Gasteiger partial charge is 0.274 e. The van der Waals surface area contributed by atoms with Gasteiger partial charge in [0.25, 0.3) is 5.91 Å². The van der Waals surface area contributed by atoms with E-state index in [-0.39, 0.29) is 22.5 Å². The first-order valence-corrected chi connectivity index (χ1v) is 8.57. The molecule has 2 N–H and O–H groups in total. The van der Waals surface area contributed by atoms with E-state index in [0.29, 0.717) is 18.0 Å². The van der Waals surface area contributed by atoms with Crippen LogP contribution in [0.1, 0.15) is 10.5 Å². The lowest BCUT2D eigenvalue weighted by Crippen LogP contribution is -2.39. The fraction of sp³-hybridized carbons (Fsp3) is 0.286. The zero-order chi connectivity index (χ0) is 15.7. The van der Waals surface area contributed by atoms with Gasteiger partial charge in [-0.15, -0.1) is 23.1 Å². The monoisotopic (exact) mass is 341 g/mol. The van der Waals surface area contributed by atoms with Gasteiger partial charge in [0.1, 0.15) is 5.69 Å². The number of benzene rings is 1. The highest BCUT2D eigenvalue weighted by Crippen LogP contribution is 2.33. The second kappa shape index (κ2) is 6.31. The fourth-order valence-corrected chi connectivity index (χ4v) is 4.24. The molecule has 3 rings (SSSR count). The van der Waals surface area contributed by atoms with E-state index in [4.69, 9.17) is 5.73 Å². The molecule has 1 aromatic carbocycles. The Hall–Kier alpha value is -1.51. The van der Waals surface area contributed by atoms with E-state index >= 15 is 0 Å². The highest BCUT2D eigenvalue weighted by atomic mass is 32.2. The topological polar surface area (TPSA) is 59.2 Å². The van der Waals surface area contributed by atoms with Crippen LogP contribution in [0.4, 0.5) is 8.78 Å². The molecular weight excluding hydrogens is 328 g/mol. The summed E-state index contributed by atoms with van der Waals surface area (Å²) in [6, 6.07) is 3.90. The van der Waals surface area contributed by atoms with Crippen LogP contribution in [0, 0.1) is 11.6 Å². The van der Waals surface area contributed by atoms with E-state index in [1.54, 1.807) is 16.7 Å². The lowest BCUT2D eigenvalue weighted by Gasteiger charge is -2.22. The third-order valence-electron chi connectivity index (χ3n) is 3.42. The lowest BCUT2D eigenvalue weighted by atomic mass is 10.1. The number of carbonyl (C=O) groups is 1. The molecule has 1 atom stereocenters. The Kier molecular flexibility index (Phi) is 4.42. The summed E-state index contributed by atoms with van der Waals surface area (Å²) in [4.78, 5) is 18.7. The molecule has 1 unspecified atom stereocenters. The van der Waals surface area contributed by atoms with E-state index < -0.39 is 11.6 Å². The first-order chi connectivity index (χ1) is 10.6. The third-order valence-corrected chi connectivity index (χ3v) is 5.53. The van der Waals surface area contributed by atoms with Crippen molar-refractivity contribution in [2.75, 3.05) is 18.8 Å². The number of halogens is 2. The van der Waals surface area contributed by atoms with Crippen molar-refractivity contribution in [3.63, 3.8) is 0 Å². The average Bonchev–Trinajstić information content (AvgIpc) is 3.17. The molecule has 0 bridgehead atoms. The van der Waals surface area contributed by atoms with Crippen LogP contribution in [0.2, 0.25) is 0 Å². The second-order valence-electron chi connectivity index (χ2n) is 4.69. The van der Waals surface area contributed by atoms with Gasteiger partial charge in [0.2, 0.25) is 0 Å². The first kappa shape index (κ1) is 15.4. The van der Waals surface area contributed by atoms with E-state index in [9.17, 15) is 13.6 Å². The van der Waals surface area contributed by atoms with E-state index in [1.165, 1.54) is 17.6 Å². The van der Waals surface area contributed by atoms with Crippen molar-refractivity contribution in [3.8, 4) is 10.4 Å². The molecule has 1 amide bonds. The number of nitrogens with zero attached hydrogens (tertiary/aromatic N) is 2. The maximum atomic E-state index is 14.0. The number of carbonyl (C=O) groups excluding carboxylic acids is 1. The van der Waals surface area contributed by atoms with Gasteiger partial charge in [0.15, 0.2) is 11.6 Å². The Bertz CT molecular complexity index is 707. The molecule has 1 aliphatic rings. The van der Waals surface area contributed by atoms with Crippen molar-refractivity contribution in [2.24, 2.45) is 5.73 Å². The summed E-state index contributed by atoms with van der Waals surface area (Å²) in [6.07, 6.45) is 0. The Morgan fingerprint density at radius 1 is 1.45 bits per heavy atom. The number of hydrogen-bond acceptors (Lipinski definition) is 5. The van der Waals surface area contributed by atoms with E-state index in [0.717, 1.165) is 23.2 Å². The van der Waals surface area contributed by atoms with Gasteiger partial charge in [-0.2, -0.15) is 0 Å². The van der Waals surface area contributed by atoms with Crippen LogP contribution in [0.3, 0.4) is 0 Å². The molecule has 4 nitrogen and oxygen atoms in total. The van der Waals surface area contributed by atoms with Gasteiger partial charge in [-0.05, 0) is 6.07 Å². The third kappa shape index (κ3) is 2.62. The van der Waals surface area contributed by atoms with Crippen LogP contribution >= 0.6 is 23.1 Å². The summed E-state index contributed by atoms with van der Waals surface area (Å²) in [5.41, 5.74) is 7.34. The normalized spacial score (nSPS) is 18.0. The number of thiazole rings is 1. The molecule has 1 saturated heterocycles. The number of hydrogen-bond donors (Lipinski definition) is 1. The molecule has 2 heterocycles. The molecule has 1 aromatic heterocycles. The molecule has 0 saturated carbocycles. The van der Waals surface area contributed by atoms with E-state index in [2.05, 4.69) is 4.98 Å². The Morgan fingerprint density at radius 2 is 2.27 bits per heavy atom. The number of aromatic nitrogens is 1. The van der Waals surface area contributed by atoms with Crippen molar-refractivity contribution < 1.29 is 13.6 Å². The van der Waals surface area contributed by atoms with Gasteiger partial charge >= 0.3 is 0 Å². The van der Waals surface area contributed by atoms with Crippen molar-refractivity contribution in [1.82, 2.24) is 9.88 Å². The minimum atomic E-state index is -0.966. The Morgan fingerprint density at radius 3 is 3.05 bits per heavy atom. The van der Waals surface area contributed by atoms with Crippen molar-refractivity contribution in [3.05, 3.63) is 41.0 Å². The molecule has 116 valence electrons. The summed E-state index contributed by atoms with van der Waals surface area (Å²) in [6.45, 7) is 0.929. The first-order valence-electron chi connectivity index (χ1n) is 6.64. The largest absolute Gasteiger partial charge is 0.328 e. The number of thioether (sulfide) groups is 1. The highest BCUT2D eigenvalue weighted by Gasteiger charge is 2.32. The van der Waals surface area contributed by atoms with Gasteiger partial charge in [-0.25, -0.2) is 13.8 Å². The van der Waals surface area contributed by atoms with Gasteiger partial charge in [-0.3, -0.25) is 4.79 Å². The molecule has 8 heteroatoms. The van der Waals surface area contributed by atoms with Crippen LogP contribution in [-0.2, 0) is 0 Å². The quantitative estimate of drug-likeness (QED) is 0.932. The van der Waals surface area contributed by atoms with Crippen molar-refractivity contribution >= 4 is 29.0 Å². The second-order valence-corrected chi connectivity index (χ2v) is 6.83. The summed E-state index contributed by atoms with van der Waals surface area (Å²) in [7, 11) is 0. The molecule has 0 aliphatic carbocycles. The van der Waals surface area contributed by atoms with Crippen LogP contribution in [-0.4, -0.2) is 40.0 Å². The van der Waals surface area contributed by atoms with Gasteiger partial charge < -0.3 is 10.6 Å². The molecule has 0 spiro atoms. The molecule has 1 fully saturated rings. The van der Waals surface area contributed by atoms with Crippen LogP contribution in [0.5, 0.6) is 0 Å². The van der Waals surface area contributed by atoms with Crippen molar-refractivity contribution in [2.45, 2.75) is 5.37 Å². The Labute approximate surface area is 134 Å². The fourth-order valence-electron chi connectivity index (χ4n) is 2.35. The van der Waals surface area contributed by atoms with Gasteiger partial charge in [0, 0.05) is 24.4 Å². The molecule has 2 aromatic rings. The van der Waals surface area contributed by atoms with E-state index in [1.807, 2.05) is 0 Å². The maximum absolute atomic E-state index is 14.0. The Balaban J connectivity index is 1.99. The average molecular weight is 341 g/mol. The summed E-state index contributed by atoms with van der Waals surface area (Å²) in [5.74, 6) is -1.39. The summed E-state index contributed by atoms with van der Waals surface area (Å²) in [5, 5.41) is -0.0978.